The molecule has 25 heavy (non-hydrogen) atoms. The number of rotatable bonds is 7. The molecule has 1 aromatic rings. The van der Waals surface area contributed by atoms with E-state index in [9.17, 15) is 0 Å². The Balaban J connectivity index is 0.00000312. The number of guanidine groups is 1. The van der Waals surface area contributed by atoms with Gasteiger partial charge in [-0.2, -0.15) is 0 Å². The number of benzene rings is 1. The maximum atomic E-state index is 5.86. The van der Waals surface area contributed by atoms with Gasteiger partial charge in [-0.1, -0.05) is 6.08 Å². The average Bonchev–Trinajstić information content (AvgIpc) is 2.93. The second kappa shape index (κ2) is 10.5. The molecule has 1 aromatic carbocycles. The van der Waals surface area contributed by atoms with Crippen LogP contribution in [0.3, 0.4) is 0 Å². The number of methoxy groups -OCH3 is 1. The van der Waals surface area contributed by atoms with E-state index in [1.165, 1.54) is 5.56 Å². The number of unbranched alkanes of at least 4 members (excludes halogenated alkanes) is 1. The Hall–Kier alpha value is -1.44. The monoisotopic (exact) mass is 459 g/mol. The molecule has 0 saturated heterocycles. The van der Waals surface area contributed by atoms with Gasteiger partial charge in [0.2, 0.25) is 0 Å². The van der Waals surface area contributed by atoms with E-state index in [0.29, 0.717) is 6.54 Å². The van der Waals surface area contributed by atoms with Crippen LogP contribution in [-0.2, 0) is 13.0 Å². The minimum atomic E-state index is 0. The highest BCUT2D eigenvalue weighted by atomic mass is 127. The molecule has 140 valence electrons. The average molecular weight is 459 g/mol. The molecule has 1 aliphatic rings. The molecule has 5 nitrogen and oxygen atoms in total. The van der Waals surface area contributed by atoms with Crippen molar-refractivity contribution in [3.63, 3.8) is 0 Å². The summed E-state index contributed by atoms with van der Waals surface area (Å²) < 4.78 is 11.4. The smallest absolute Gasteiger partial charge is 0.193 e. The molecule has 0 saturated carbocycles. The Labute approximate surface area is 168 Å². The fourth-order valence-corrected chi connectivity index (χ4v) is 2.95. The summed E-state index contributed by atoms with van der Waals surface area (Å²) in [5, 5.41) is 3.40. The number of halogens is 1. The van der Waals surface area contributed by atoms with Crippen LogP contribution in [0.4, 0.5) is 0 Å². The number of allylic oxidation sites excluding steroid dienone is 1. The highest BCUT2D eigenvalue weighted by Gasteiger charge is 2.21. The fourth-order valence-electron chi connectivity index (χ4n) is 2.95. The van der Waals surface area contributed by atoms with E-state index in [0.717, 1.165) is 48.8 Å². The highest BCUT2D eigenvalue weighted by molar-refractivity contribution is 14.0. The van der Waals surface area contributed by atoms with Gasteiger partial charge in [0.05, 0.1) is 7.11 Å². The second-order valence-corrected chi connectivity index (χ2v) is 6.16. The Morgan fingerprint density at radius 2 is 2.28 bits per heavy atom. The summed E-state index contributed by atoms with van der Waals surface area (Å²) in [7, 11) is 5.56. The number of aliphatic imine (C=N–C) groups is 1. The zero-order valence-electron chi connectivity index (χ0n) is 15.7. The first-order valence-corrected chi connectivity index (χ1v) is 8.48. The van der Waals surface area contributed by atoms with Crippen molar-refractivity contribution in [3.8, 4) is 11.5 Å². The number of ether oxygens (including phenoxy) is 2. The first-order chi connectivity index (χ1) is 11.6. The van der Waals surface area contributed by atoms with E-state index in [4.69, 9.17) is 9.47 Å². The minimum absolute atomic E-state index is 0. The number of nitrogens with one attached hydrogen (secondary N) is 1. The summed E-state index contributed by atoms with van der Waals surface area (Å²) in [5.74, 6) is 2.73. The molecular formula is C19H30IN3O2. The van der Waals surface area contributed by atoms with Crippen LogP contribution in [0.15, 0.2) is 29.8 Å². The molecule has 1 aliphatic heterocycles. The van der Waals surface area contributed by atoms with Crippen LogP contribution in [0.25, 0.3) is 0 Å². The normalized spacial score (nSPS) is 15.7. The minimum Gasteiger partial charge on any atom is -0.496 e. The highest BCUT2D eigenvalue weighted by Crippen LogP contribution is 2.34. The Morgan fingerprint density at radius 3 is 2.92 bits per heavy atom. The van der Waals surface area contributed by atoms with Gasteiger partial charge in [-0.05, 0) is 31.9 Å². The van der Waals surface area contributed by atoms with Gasteiger partial charge >= 0.3 is 0 Å². The van der Waals surface area contributed by atoms with Crippen molar-refractivity contribution in [2.75, 3.05) is 27.7 Å². The van der Waals surface area contributed by atoms with E-state index >= 15 is 0 Å². The lowest BCUT2D eigenvalue weighted by molar-refractivity contribution is 0.254. The predicted molar refractivity (Wildman–Crippen MR) is 114 cm³/mol. The largest absolute Gasteiger partial charge is 0.496 e. The third kappa shape index (κ3) is 5.80. The molecule has 1 atom stereocenters. The van der Waals surface area contributed by atoms with E-state index in [1.807, 2.05) is 13.1 Å². The maximum absolute atomic E-state index is 5.86. The first-order valence-electron chi connectivity index (χ1n) is 8.48. The van der Waals surface area contributed by atoms with Crippen LogP contribution >= 0.6 is 24.0 Å². The first kappa shape index (κ1) is 21.6. The Bertz CT molecular complexity index is 605. The van der Waals surface area contributed by atoms with Crippen molar-refractivity contribution in [1.29, 1.82) is 0 Å². The van der Waals surface area contributed by atoms with Crippen LogP contribution in [-0.4, -0.2) is 44.7 Å². The van der Waals surface area contributed by atoms with Crippen molar-refractivity contribution in [2.24, 2.45) is 4.99 Å². The molecule has 0 aliphatic carbocycles. The van der Waals surface area contributed by atoms with Gasteiger partial charge in [0.15, 0.2) is 5.96 Å². The molecule has 0 spiro atoms. The third-order valence-electron chi connectivity index (χ3n) is 4.21. The quantitative estimate of drug-likeness (QED) is 0.223. The lowest BCUT2D eigenvalue weighted by Gasteiger charge is -2.22. The number of nitrogens with zero attached hydrogens (tertiary/aromatic N) is 2. The fraction of sp³-hybridized carbons (Fsp3) is 0.526. The van der Waals surface area contributed by atoms with Crippen molar-refractivity contribution in [2.45, 2.75) is 38.8 Å². The zero-order chi connectivity index (χ0) is 17.5. The summed E-state index contributed by atoms with van der Waals surface area (Å²) in [4.78, 5) is 6.48. The van der Waals surface area contributed by atoms with Crippen LogP contribution < -0.4 is 14.8 Å². The third-order valence-corrected chi connectivity index (χ3v) is 4.21. The SMILES string of the molecule is C=CCCCN(C)C(=NC)NCc1cc2c(cc1OC)CC(C)O2.I. The maximum Gasteiger partial charge on any atom is 0.193 e. The molecule has 0 aromatic heterocycles. The summed E-state index contributed by atoms with van der Waals surface area (Å²) in [6, 6.07) is 4.17. The number of fused-ring (bicyclic) bond motifs is 1. The van der Waals surface area contributed by atoms with Gasteiger partial charge in [-0.15, -0.1) is 30.6 Å². The van der Waals surface area contributed by atoms with Gasteiger partial charge in [0, 0.05) is 44.7 Å². The summed E-state index contributed by atoms with van der Waals surface area (Å²) in [5.41, 5.74) is 2.29. The van der Waals surface area contributed by atoms with Crippen molar-refractivity contribution < 1.29 is 9.47 Å². The van der Waals surface area contributed by atoms with Crippen LogP contribution in [0.5, 0.6) is 11.5 Å². The van der Waals surface area contributed by atoms with Gasteiger partial charge in [0.1, 0.15) is 17.6 Å². The van der Waals surface area contributed by atoms with Crippen molar-refractivity contribution in [1.82, 2.24) is 10.2 Å². The molecular weight excluding hydrogens is 429 g/mol. The topological polar surface area (TPSA) is 46.1 Å². The van der Waals surface area contributed by atoms with E-state index < -0.39 is 0 Å². The predicted octanol–water partition coefficient (Wildman–Crippen LogP) is 3.61. The van der Waals surface area contributed by atoms with E-state index in [1.54, 1.807) is 14.2 Å². The van der Waals surface area contributed by atoms with Gasteiger partial charge < -0.3 is 19.7 Å². The zero-order valence-corrected chi connectivity index (χ0v) is 18.0. The lowest BCUT2D eigenvalue weighted by atomic mass is 10.1. The van der Waals surface area contributed by atoms with Gasteiger partial charge in [-0.3, -0.25) is 4.99 Å². The standard InChI is InChI=1S/C19H29N3O2.HI/c1-6-7-8-9-22(4)19(20-3)21-13-16-12-18-15(10-14(2)24-18)11-17(16)23-5;/h6,11-12,14H,1,7-10,13H2,2-5H3,(H,20,21);1H. The van der Waals surface area contributed by atoms with Crippen LogP contribution in [0, 0.1) is 0 Å². The van der Waals surface area contributed by atoms with E-state index in [-0.39, 0.29) is 30.1 Å². The summed E-state index contributed by atoms with van der Waals surface area (Å²) >= 11 is 0. The number of hydrogen-bond donors (Lipinski definition) is 1. The molecule has 0 amide bonds. The molecule has 2 rings (SSSR count). The van der Waals surface area contributed by atoms with Crippen molar-refractivity contribution in [3.05, 3.63) is 35.9 Å². The van der Waals surface area contributed by atoms with Crippen LogP contribution in [0.2, 0.25) is 0 Å². The number of hydrogen-bond acceptors (Lipinski definition) is 3. The molecule has 1 heterocycles. The van der Waals surface area contributed by atoms with E-state index in [2.05, 4.69) is 40.8 Å². The Morgan fingerprint density at radius 1 is 1.52 bits per heavy atom. The Kier molecular flexibility index (Phi) is 9.10. The molecule has 0 fully saturated rings. The van der Waals surface area contributed by atoms with Crippen molar-refractivity contribution >= 4 is 29.9 Å². The van der Waals surface area contributed by atoms with Crippen LogP contribution in [0.1, 0.15) is 30.9 Å². The second-order valence-electron chi connectivity index (χ2n) is 6.16. The molecule has 0 bridgehead atoms. The van der Waals surface area contributed by atoms with Gasteiger partial charge in [0.25, 0.3) is 0 Å². The molecule has 1 N–H and O–H groups in total. The summed E-state index contributed by atoms with van der Waals surface area (Å²) in [6.07, 6.45) is 5.19. The molecule has 1 unspecified atom stereocenters. The van der Waals surface area contributed by atoms with Gasteiger partial charge in [-0.25, -0.2) is 0 Å². The molecule has 0 radical (unpaired) electrons. The summed E-state index contributed by atoms with van der Waals surface area (Å²) in [6.45, 7) is 7.43. The molecule has 6 heteroatoms. The lowest BCUT2D eigenvalue weighted by Crippen LogP contribution is -2.39.